The standard InChI is InChI=1S/C23H22F2N2O3S/c1-3-17-6-4-5-16(2)23(17)26-22(28)15-27(20-11-7-18(24)8-12-20)31(29,30)21-13-9-19(25)10-14-21/h4-14H,3,15H2,1-2H3,(H,26,28). The second-order valence-corrected chi connectivity index (χ2v) is 8.82. The van der Waals surface area contributed by atoms with Crippen LogP contribution >= 0.6 is 0 Å². The van der Waals surface area contributed by atoms with Crippen LogP contribution in [0.25, 0.3) is 0 Å². The van der Waals surface area contributed by atoms with E-state index in [-0.39, 0.29) is 10.6 Å². The van der Waals surface area contributed by atoms with Gasteiger partial charge in [0.15, 0.2) is 0 Å². The lowest BCUT2D eigenvalue weighted by atomic mass is 10.1. The average Bonchev–Trinajstić information content (AvgIpc) is 2.74. The molecule has 162 valence electrons. The summed E-state index contributed by atoms with van der Waals surface area (Å²) in [6, 6.07) is 14.7. The highest BCUT2D eigenvalue weighted by atomic mass is 32.2. The quantitative estimate of drug-likeness (QED) is 0.576. The highest BCUT2D eigenvalue weighted by Crippen LogP contribution is 2.25. The number of nitrogens with zero attached hydrogens (tertiary/aromatic N) is 1. The second-order valence-electron chi connectivity index (χ2n) is 6.95. The number of rotatable bonds is 7. The fourth-order valence-electron chi connectivity index (χ4n) is 3.17. The Hall–Kier alpha value is -3.26. The number of carbonyl (C=O) groups excluding carboxylic acids is 1. The van der Waals surface area contributed by atoms with Crippen molar-refractivity contribution in [3.63, 3.8) is 0 Å². The Balaban J connectivity index is 1.97. The van der Waals surface area contributed by atoms with Gasteiger partial charge < -0.3 is 5.32 Å². The number of anilines is 2. The minimum Gasteiger partial charge on any atom is -0.324 e. The summed E-state index contributed by atoms with van der Waals surface area (Å²) < 4.78 is 54.0. The molecule has 0 aliphatic rings. The number of hydrogen-bond acceptors (Lipinski definition) is 3. The fourth-order valence-corrected chi connectivity index (χ4v) is 4.59. The Kier molecular flexibility index (Phi) is 6.70. The SMILES string of the molecule is CCc1cccc(C)c1NC(=O)CN(c1ccc(F)cc1)S(=O)(=O)c1ccc(F)cc1. The largest absolute Gasteiger partial charge is 0.324 e. The van der Waals surface area contributed by atoms with Crippen LogP contribution in [0.4, 0.5) is 20.2 Å². The van der Waals surface area contributed by atoms with Crippen LogP contribution in [0.15, 0.2) is 71.6 Å². The third-order valence-electron chi connectivity index (χ3n) is 4.81. The first kappa shape index (κ1) is 22.4. The molecule has 5 nitrogen and oxygen atoms in total. The van der Waals surface area contributed by atoms with E-state index in [4.69, 9.17) is 0 Å². The van der Waals surface area contributed by atoms with Crippen LogP contribution in [0.2, 0.25) is 0 Å². The van der Waals surface area contributed by atoms with Gasteiger partial charge in [-0.2, -0.15) is 0 Å². The summed E-state index contributed by atoms with van der Waals surface area (Å²) in [7, 11) is -4.21. The molecule has 31 heavy (non-hydrogen) atoms. The molecule has 1 N–H and O–H groups in total. The van der Waals surface area contributed by atoms with Gasteiger partial charge in [-0.15, -0.1) is 0 Å². The molecular formula is C23H22F2N2O3S. The number of hydrogen-bond donors (Lipinski definition) is 1. The monoisotopic (exact) mass is 444 g/mol. The summed E-state index contributed by atoms with van der Waals surface area (Å²) in [4.78, 5) is 12.7. The number of aryl methyl sites for hydroxylation is 2. The van der Waals surface area contributed by atoms with E-state index < -0.39 is 34.1 Å². The van der Waals surface area contributed by atoms with Gasteiger partial charge in [-0.05, 0) is 73.0 Å². The molecule has 8 heteroatoms. The van der Waals surface area contributed by atoms with Gasteiger partial charge in [-0.25, -0.2) is 17.2 Å². The van der Waals surface area contributed by atoms with Gasteiger partial charge in [0.2, 0.25) is 5.91 Å². The van der Waals surface area contributed by atoms with Crippen molar-refractivity contribution in [3.8, 4) is 0 Å². The normalized spacial score (nSPS) is 11.2. The lowest BCUT2D eigenvalue weighted by Gasteiger charge is -2.24. The topological polar surface area (TPSA) is 66.5 Å². The third-order valence-corrected chi connectivity index (χ3v) is 6.60. The van der Waals surface area contributed by atoms with Crippen LogP contribution in [0.5, 0.6) is 0 Å². The molecule has 0 saturated carbocycles. The Labute approximate surface area is 180 Å². The Morgan fingerprint density at radius 1 is 0.935 bits per heavy atom. The van der Waals surface area contributed by atoms with Crippen LogP contribution in [0.1, 0.15) is 18.1 Å². The number of halogens is 2. The van der Waals surface area contributed by atoms with E-state index in [0.717, 1.165) is 51.8 Å². The van der Waals surface area contributed by atoms with Crippen molar-refractivity contribution in [2.75, 3.05) is 16.2 Å². The number of benzene rings is 3. The number of nitrogens with one attached hydrogen (secondary N) is 1. The van der Waals surface area contributed by atoms with Gasteiger partial charge in [0.1, 0.15) is 18.2 Å². The van der Waals surface area contributed by atoms with Gasteiger partial charge in [0, 0.05) is 5.69 Å². The van der Waals surface area contributed by atoms with Crippen molar-refractivity contribution >= 4 is 27.3 Å². The molecule has 0 aromatic heterocycles. The predicted molar refractivity (Wildman–Crippen MR) is 117 cm³/mol. The number of sulfonamides is 1. The van der Waals surface area contributed by atoms with E-state index in [1.165, 1.54) is 12.1 Å². The van der Waals surface area contributed by atoms with Crippen LogP contribution in [-0.2, 0) is 21.2 Å². The summed E-state index contributed by atoms with van der Waals surface area (Å²) in [5.74, 6) is -1.68. The number of para-hydroxylation sites is 1. The van der Waals surface area contributed by atoms with Crippen molar-refractivity contribution in [1.82, 2.24) is 0 Å². The van der Waals surface area contributed by atoms with Crippen LogP contribution < -0.4 is 9.62 Å². The van der Waals surface area contributed by atoms with Gasteiger partial charge >= 0.3 is 0 Å². The summed E-state index contributed by atoms with van der Waals surface area (Å²) in [5, 5.41) is 2.79. The van der Waals surface area contributed by atoms with Gasteiger partial charge in [-0.1, -0.05) is 25.1 Å². The first-order chi connectivity index (χ1) is 14.7. The summed E-state index contributed by atoms with van der Waals surface area (Å²) in [5.41, 5.74) is 2.51. The predicted octanol–water partition coefficient (Wildman–Crippen LogP) is 4.67. The summed E-state index contributed by atoms with van der Waals surface area (Å²) in [6.07, 6.45) is 0.687. The minimum absolute atomic E-state index is 0.112. The zero-order valence-electron chi connectivity index (χ0n) is 17.1. The molecule has 0 bridgehead atoms. The minimum atomic E-state index is -4.21. The van der Waals surface area contributed by atoms with Crippen molar-refractivity contribution < 1.29 is 22.0 Å². The van der Waals surface area contributed by atoms with E-state index in [0.29, 0.717) is 12.1 Å². The van der Waals surface area contributed by atoms with Crippen LogP contribution in [0, 0.1) is 18.6 Å². The molecule has 0 saturated heterocycles. The molecule has 0 atom stereocenters. The van der Waals surface area contributed by atoms with Crippen molar-refractivity contribution in [1.29, 1.82) is 0 Å². The van der Waals surface area contributed by atoms with E-state index in [1.54, 1.807) is 0 Å². The molecule has 0 unspecified atom stereocenters. The lowest BCUT2D eigenvalue weighted by molar-refractivity contribution is -0.114. The molecule has 3 rings (SSSR count). The highest BCUT2D eigenvalue weighted by Gasteiger charge is 2.27. The maximum absolute atomic E-state index is 13.4. The smallest absolute Gasteiger partial charge is 0.264 e. The molecule has 0 radical (unpaired) electrons. The van der Waals surface area contributed by atoms with Gasteiger partial charge in [0.05, 0.1) is 10.6 Å². The number of carbonyl (C=O) groups is 1. The molecule has 3 aromatic rings. The molecule has 0 spiro atoms. The zero-order valence-corrected chi connectivity index (χ0v) is 17.9. The van der Waals surface area contributed by atoms with Crippen molar-refractivity contribution in [2.45, 2.75) is 25.2 Å². The second kappa shape index (κ2) is 9.26. The average molecular weight is 445 g/mol. The van der Waals surface area contributed by atoms with Gasteiger partial charge in [0.25, 0.3) is 10.0 Å². The zero-order chi connectivity index (χ0) is 22.6. The molecule has 0 aliphatic carbocycles. The summed E-state index contributed by atoms with van der Waals surface area (Å²) in [6.45, 7) is 3.26. The molecule has 0 aliphatic heterocycles. The van der Waals surface area contributed by atoms with Gasteiger partial charge in [-0.3, -0.25) is 9.10 Å². The van der Waals surface area contributed by atoms with E-state index in [1.807, 2.05) is 32.0 Å². The summed E-state index contributed by atoms with van der Waals surface area (Å²) >= 11 is 0. The van der Waals surface area contributed by atoms with Crippen molar-refractivity contribution in [3.05, 3.63) is 89.5 Å². The maximum atomic E-state index is 13.4. The highest BCUT2D eigenvalue weighted by molar-refractivity contribution is 7.92. The third kappa shape index (κ3) is 5.08. The molecule has 1 amide bonds. The van der Waals surface area contributed by atoms with E-state index in [9.17, 15) is 22.0 Å². The Bertz CT molecular complexity index is 1180. The lowest BCUT2D eigenvalue weighted by Crippen LogP contribution is -2.38. The Morgan fingerprint density at radius 3 is 2.10 bits per heavy atom. The Morgan fingerprint density at radius 2 is 1.52 bits per heavy atom. The molecular weight excluding hydrogens is 422 g/mol. The van der Waals surface area contributed by atoms with Crippen LogP contribution in [0.3, 0.4) is 0 Å². The van der Waals surface area contributed by atoms with E-state index in [2.05, 4.69) is 5.32 Å². The van der Waals surface area contributed by atoms with E-state index >= 15 is 0 Å². The fraction of sp³-hybridized carbons (Fsp3) is 0.174. The van der Waals surface area contributed by atoms with Crippen molar-refractivity contribution in [2.24, 2.45) is 0 Å². The molecule has 0 fully saturated rings. The van der Waals surface area contributed by atoms with Crippen LogP contribution in [-0.4, -0.2) is 20.9 Å². The first-order valence-corrected chi connectivity index (χ1v) is 11.1. The molecule has 3 aromatic carbocycles. The molecule has 0 heterocycles. The number of amides is 1. The first-order valence-electron chi connectivity index (χ1n) is 9.64. The maximum Gasteiger partial charge on any atom is 0.264 e.